The minimum atomic E-state index is -0.958. The molecule has 0 heterocycles. The summed E-state index contributed by atoms with van der Waals surface area (Å²) in [6.45, 7) is 0. The molecule has 0 aliphatic carbocycles. The highest BCUT2D eigenvalue weighted by Gasteiger charge is 2.13. The van der Waals surface area contributed by atoms with E-state index in [1.54, 1.807) is 38.5 Å². The van der Waals surface area contributed by atoms with E-state index in [0.717, 1.165) is 9.37 Å². The van der Waals surface area contributed by atoms with Gasteiger partial charge in [-0.05, 0) is 30.3 Å². The molecule has 1 N–H and O–H groups in total. The fourth-order valence-corrected chi connectivity index (χ4v) is 3.29. The van der Waals surface area contributed by atoms with Gasteiger partial charge in [-0.25, -0.2) is 4.79 Å². The molecular formula is C15H13BrO4S. The molecule has 0 aliphatic rings. The zero-order valence-corrected chi connectivity index (χ0v) is 13.8. The van der Waals surface area contributed by atoms with E-state index in [-0.39, 0.29) is 5.56 Å². The van der Waals surface area contributed by atoms with Crippen LogP contribution in [0.3, 0.4) is 0 Å². The van der Waals surface area contributed by atoms with Crippen molar-refractivity contribution in [1.29, 1.82) is 0 Å². The van der Waals surface area contributed by atoms with Gasteiger partial charge in [0, 0.05) is 20.3 Å². The highest BCUT2D eigenvalue weighted by atomic mass is 79.9. The molecule has 0 fully saturated rings. The SMILES string of the molecule is COc1cc(OC)cc(Sc2cc(Br)ccc2C(=O)O)c1. The number of carboxylic acids is 1. The molecule has 4 nitrogen and oxygen atoms in total. The second-order valence-electron chi connectivity index (χ2n) is 4.10. The molecule has 0 atom stereocenters. The van der Waals surface area contributed by atoms with E-state index in [2.05, 4.69) is 15.9 Å². The van der Waals surface area contributed by atoms with Crippen LogP contribution in [0, 0.1) is 0 Å². The van der Waals surface area contributed by atoms with Crippen LogP contribution in [0.25, 0.3) is 0 Å². The summed E-state index contributed by atoms with van der Waals surface area (Å²) in [4.78, 5) is 12.8. The van der Waals surface area contributed by atoms with E-state index in [1.807, 2.05) is 12.1 Å². The average Bonchev–Trinajstić information content (AvgIpc) is 2.46. The Morgan fingerprint density at radius 2 is 1.71 bits per heavy atom. The Bertz CT molecular complexity index is 650. The van der Waals surface area contributed by atoms with Crippen LogP contribution in [0.1, 0.15) is 10.4 Å². The summed E-state index contributed by atoms with van der Waals surface area (Å²) in [5.41, 5.74) is 0.255. The predicted octanol–water partition coefficient (Wildman–Crippen LogP) is 4.32. The molecule has 0 bridgehead atoms. The summed E-state index contributed by atoms with van der Waals surface area (Å²) in [6.07, 6.45) is 0. The molecule has 0 aliphatic heterocycles. The topological polar surface area (TPSA) is 55.8 Å². The van der Waals surface area contributed by atoms with Gasteiger partial charge in [-0.1, -0.05) is 27.7 Å². The molecule has 0 saturated carbocycles. The molecule has 0 amide bonds. The van der Waals surface area contributed by atoms with Crippen molar-refractivity contribution in [2.45, 2.75) is 9.79 Å². The van der Waals surface area contributed by atoms with E-state index < -0.39 is 5.97 Å². The molecule has 6 heteroatoms. The monoisotopic (exact) mass is 368 g/mol. The van der Waals surface area contributed by atoms with Crippen molar-refractivity contribution in [2.24, 2.45) is 0 Å². The molecule has 0 spiro atoms. The summed E-state index contributed by atoms with van der Waals surface area (Å²) in [6, 6.07) is 10.5. The van der Waals surface area contributed by atoms with Crippen LogP contribution >= 0.6 is 27.7 Å². The quantitative estimate of drug-likeness (QED) is 0.851. The molecule has 2 rings (SSSR count). The van der Waals surface area contributed by atoms with Crippen LogP contribution in [0.2, 0.25) is 0 Å². The normalized spacial score (nSPS) is 10.2. The van der Waals surface area contributed by atoms with Gasteiger partial charge < -0.3 is 14.6 Å². The molecule has 0 radical (unpaired) electrons. The van der Waals surface area contributed by atoms with E-state index in [4.69, 9.17) is 9.47 Å². The molecular weight excluding hydrogens is 356 g/mol. The van der Waals surface area contributed by atoms with Crippen LogP contribution < -0.4 is 9.47 Å². The van der Waals surface area contributed by atoms with Crippen molar-refractivity contribution >= 4 is 33.7 Å². The van der Waals surface area contributed by atoms with E-state index >= 15 is 0 Å². The Morgan fingerprint density at radius 3 is 2.24 bits per heavy atom. The highest BCUT2D eigenvalue weighted by Crippen LogP contribution is 2.36. The first-order valence-electron chi connectivity index (χ1n) is 5.97. The number of benzene rings is 2. The fourth-order valence-electron chi connectivity index (χ4n) is 1.72. The highest BCUT2D eigenvalue weighted by molar-refractivity contribution is 9.10. The van der Waals surface area contributed by atoms with E-state index in [1.165, 1.54) is 11.8 Å². The third-order valence-corrected chi connectivity index (χ3v) is 4.25. The standard InChI is InChI=1S/C15H13BrO4S/c1-19-10-6-11(20-2)8-12(7-10)21-14-5-9(16)3-4-13(14)15(17)18/h3-8H,1-2H3,(H,17,18). The molecule has 21 heavy (non-hydrogen) atoms. The number of carboxylic acid groups (broad SMARTS) is 1. The number of halogens is 1. The van der Waals surface area contributed by atoms with Crippen molar-refractivity contribution < 1.29 is 19.4 Å². The number of aromatic carboxylic acids is 1. The van der Waals surface area contributed by atoms with Crippen molar-refractivity contribution in [3.05, 3.63) is 46.4 Å². The minimum absolute atomic E-state index is 0.255. The minimum Gasteiger partial charge on any atom is -0.497 e. The maximum Gasteiger partial charge on any atom is 0.336 e. The lowest BCUT2D eigenvalue weighted by Gasteiger charge is -2.10. The molecule has 2 aromatic rings. The van der Waals surface area contributed by atoms with Crippen LogP contribution in [-0.4, -0.2) is 25.3 Å². The molecule has 0 saturated heterocycles. The Hall–Kier alpha value is -1.66. The van der Waals surface area contributed by atoms with Gasteiger partial charge >= 0.3 is 5.97 Å². The lowest BCUT2D eigenvalue weighted by Crippen LogP contribution is -1.98. The average molecular weight is 369 g/mol. The Kier molecular flexibility index (Phi) is 5.14. The van der Waals surface area contributed by atoms with Gasteiger partial charge in [0.25, 0.3) is 0 Å². The summed E-state index contributed by atoms with van der Waals surface area (Å²) in [7, 11) is 3.15. The van der Waals surface area contributed by atoms with Crippen molar-refractivity contribution in [3.8, 4) is 11.5 Å². The van der Waals surface area contributed by atoms with Gasteiger partial charge in [-0.3, -0.25) is 0 Å². The Balaban J connectivity index is 2.42. The van der Waals surface area contributed by atoms with Crippen molar-refractivity contribution in [1.82, 2.24) is 0 Å². The Labute approximate surface area is 135 Å². The zero-order valence-electron chi connectivity index (χ0n) is 11.4. The maximum absolute atomic E-state index is 11.3. The second-order valence-corrected chi connectivity index (χ2v) is 6.13. The lowest BCUT2D eigenvalue weighted by molar-refractivity contribution is 0.0693. The summed E-state index contributed by atoms with van der Waals surface area (Å²) in [5, 5.41) is 9.26. The fraction of sp³-hybridized carbons (Fsp3) is 0.133. The van der Waals surface area contributed by atoms with Gasteiger partial charge in [-0.2, -0.15) is 0 Å². The van der Waals surface area contributed by atoms with Crippen molar-refractivity contribution in [2.75, 3.05) is 14.2 Å². The maximum atomic E-state index is 11.3. The van der Waals surface area contributed by atoms with Gasteiger partial charge in [0.1, 0.15) is 11.5 Å². The van der Waals surface area contributed by atoms with Gasteiger partial charge in [0.2, 0.25) is 0 Å². The largest absolute Gasteiger partial charge is 0.497 e. The van der Waals surface area contributed by atoms with Crippen LogP contribution in [-0.2, 0) is 0 Å². The number of hydrogen-bond acceptors (Lipinski definition) is 4. The number of methoxy groups -OCH3 is 2. The Morgan fingerprint density at radius 1 is 1.10 bits per heavy atom. The third-order valence-electron chi connectivity index (χ3n) is 2.73. The van der Waals surface area contributed by atoms with E-state index in [0.29, 0.717) is 16.4 Å². The number of hydrogen-bond donors (Lipinski definition) is 1. The zero-order chi connectivity index (χ0) is 15.4. The van der Waals surface area contributed by atoms with Crippen LogP contribution in [0.5, 0.6) is 11.5 Å². The first kappa shape index (κ1) is 15.7. The molecule has 110 valence electrons. The number of carbonyl (C=O) groups is 1. The summed E-state index contributed by atoms with van der Waals surface area (Å²) >= 11 is 4.70. The van der Waals surface area contributed by atoms with Crippen LogP contribution in [0.15, 0.2) is 50.7 Å². The molecule has 2 aromatic carbocycles. The third kappa shape index (κ3) is 3.92. The summed E-state index contributed by atoms with van der Waals surface area (Å²) in [5.74, 6) is 0.354. The first-order chi connectivity index (χ1) is 10.0. The lowest BCUT2D eigenvalue weighted by atomic mass is 10.2. The molecule has 0 aromatic heterocycles. The van der Waals surface area contributed by atoms with Gasteiger partial charge in [-0.15, -0.1) is 0 Å². The van der Waals surface area contributed by atoms with Crippen molar-refractivity contribution in [3.63, 3.8) is 0 Å². The first-order valence-corrected chi connectivity index (χ1v) is 7.58. The van der Waals surface area contributed by atoms with Gasteiger partial charge in [0.15, 0.2) is 0 Å². The number of ether oxygens (including phenoxy) is 2. The van der Waals surface area contributed by atoms with Gasteiger partial charge in [0.05, 0.1) is 19.8 Å². The summed E-state index contributed by atoms with van der Waals surface area (Å²) < 4.78 is 11.3. The predicted molar refractivity (Wildman–Crippen MR) is 84.8 cm³/mol. The molecule has 0 unspecified atom stereocenters. The smallest absolute Gasteiger partial charge is 0.336 e. The second kappa shape index (κ2) is 6.87. The van der Waals surface area contributed by atoms with Crippen LogP contribution in [0.4, 0.5) is 0 Å². The number of rotatable bonds is 5. The van der Waals surface area contributed by atoms with E-state index in [9.17, 15) is 9.90 Å².